The van der Waals surface area contributed by atoms with Gasteiger partial charge in [-0.3, -0.25) is 14.6 Å². The highest BCUT2D eigenvalue weighted by Gasteiger charge is 2.51. The first kappa shape index (κ1) is 27.0. The van der Waals surface area contributed by atoms with Crippen molar-refractivity contribution in [2.45, 2.75) is 12.6 Å². The summed E-state index contributed by atoms with van der Waals surface area (Å²) in [5.41, 5.74) is 1.92. The molecular weight excluding hydrogens is 518 g/mol. The number of nitrogens with zero attached hydrogens (tertiary/aromatic N) is 6. The van der Waals surface area contributed by atoms with Crippen molar-refractivity contribution in [1.82, 2.24) is 19.8 Å². The highest BCUT2D eigenvalue weighted by molar-refractivity contribution is 5.99. The lowest BCUT2D eigenvalue weighted by molar-refractivity contribution is -0.134. The van der Waals surface area contributed by atoms with Crippen molar-refractivity contribution in [3.63, 3.8) is 0 Å². The minimum Gasteiger partial charge on any atom is -0.369 e. The molecular formula is C28H30F2N8O2. The molecule has 0 atom stereocenters. The predicted octanol–water partition coefficient (Wildman–Crippen LogP) is 4.22. The Bertz CT molecular complexity index is 1420. The molecule has 0 radical (unpaired) electrons. The maximum atomic E-state index is 15.7. The number of nitrogens with one attached hydrogen (secondary N) is 2. The van der Waals surface area contributed by atoms with E-state index in [0.29, 0.717) is 21.8 Å². The zero-order valence-corrected chi connectivity index (χ0v) is 22.3. The van der Waals surface area contributed by atoms with Crippen molar-refractivity contribution in [3.8, 4) is 0 Å². The second-order valence-corrected chi connectivity index (χ2v) is 9.71. The minimum absolute atomic E-state index is 0.0903. The number of anilines is 5. The Morgan fingerprint density at radius 2 is 1.77 bits per heavy atom. The van der Waals surface area contributed by atoms with Crippen molar-refractivity contribution in [2.24, 2.45) is 0 Å². The molecule has 5 rings (SSSR count). The maximum Gasteiger partial charge on any atom is 0.361 e. The van der Waals surface area contributed by atoms with Gasteiger partial charge >= 0.3 is 12.1 Å². The van der Waals surface area contributed by atoms with Gasteiger partial charge in [-0.05, 0) is 49.0 Å². The van der Waals surface area contributed by atoms with E-state index in [9.17, 15) is 9.59 Å². The van der Waals surface area contributed by atoms with Crippen LogP contribution in [0.5, 0.6) is 0 Å². The lowest BCUT2D eigenvalue weighted by Crippen LogP contribution is -2.54. The summed E-state index contributed by atoms with van der Waals surface area (Å²) in [5.74, 6) is -0.590. The van der Waals surface area contributed by atoms with Crippen LogP contribution in [0.25, 0.3) is 0 Å². The molecule has 2 aromatic carbocycles. The molecule has 0 bridgehead atoms. The third kappa shape index (κ3) is 5.30. The number of hydrogen-bond acceptors (Lipinski definition) is 7. The van der Waals surface area contributed by atoms with Gasteiger partial charge in [0.25, 0.3) is 0 Å². The van der Waals surface area contributed by atoms with Gasteiger partial charge in [0.2, 0.25) is 11.9 Å². The number of urea groups is 1. The third-order valence-corrected chi connectivity index (χ3v) is 7.05. The molecule has 0 saturated carbocycles. The van der Waals surface area contributed by atoms with E-state index in [2.05, 4.69) is 44.0 Å². The van der Waals surface area contributed by atoms with Crippen LogP contribution >= 0.6 is 0 Å². The van der Waals surface area contributed by atoms with E-state index >= 15 is 8.78 Å². The summed E-state index contributed by atoms with van der Waals surface area (Å²) in [6, 6.07) is 9.53. The largest absolute Gasteiger partial charge is 0.369 e. The zero-order valence-electron chi connectivity index (χ0n) is 22.3. The molecule has 0 aliphatic carbocycles. The van der Waals surface area contributed by atoms with Gasteiger partial charge in [-0.1, -0.05) is 24.8 Å². The number of carbonyl (C=O) groups is 2. The van der Waals surface area contributed by atoms with Gasteiger partial charge in [0.05, 0.1) is 6.54 Å². The van der Waals surface area contributed by atoms with E-state index in [4.69, 9.17) is 0 Å². The first-order chi connectivity index (χ1) is 19.2. The van der Waals surface area contributed by atoms with Gasteiger partial charge in [0, 0.05) is 56.5 Å². The molecule has 1 saturated heterocycles. The van der Waals surface area contributed by atoms with E-state index in [1.807, 2.05) is 24.3 Å². The van der Waals surface area contributed by atoms with E-state index in [0.717, 1.165) is 49.0 Å². The number of para-hydroxylation sites is 1. The van der Waals surface area contributed by atoms with E-state index in [-0.39, 0.29) is 11.8 Å². The highest BCUT2D eigenvalue weighted by atomic mass is 19.3. The number of likely N-dealkylation sites (N-methyl/N-ethyl adjacent to an activating group) is 1. The third-order valence-electron chi connectivity index (χ3n) is 7.05. The van der Waals surface area contributed by atoms with Gasteiger partial charge in [-0.15, -0.1) is 0 Å². The number of rotatable bonds is 7. The van der Waals surface area contributed by atoms with Crippen molar-refractivity contribution in [3.05, 3.63) is 78.5 Å². The fraction of sp³-hybridized carbons (Fsp3) is 0.286. The Balaban J connectivity index is 1.35. The van der Waals surface area contributed by atoms with Crippen LogP contribution in [0.2, 0.25) is 0 Å². The van der Waals surface area contributed by atoms with Crippen LogP contribution in [-0.2, 0) is 17.4 Å². The SMILES string of the molecule is C=CC(=O)Nc1ccccc1CN1C(=O)N(C)c2nc(Nc3ccc(N4CCN(C)CC4)cc3)ncc2C1(F)F. The molecule has 0 unspecified atom stereocenters. The van der Waals surface area contributed by atoms with E-state index in [1.165, 1.54) is 7.05 Å². The molecule has 3 heterocycles. The molecule has 12 heteroatoms. The maximum absolute atomic E-state index is 15.7. The van der Waals surface area contributed by atoms with E-state index in [1.54, 1.807) is 24.3 Å². The molecule has 1 aromatic heterocycles. The molecule has 208 valence electrons. The van der Waals surface area contributed by atoms with Gasteiger partial charge in [-0.2, -0.15) is 13.8 Å². The summed E-state index contributed by atoms with van der Waals surface area (Å²) in [7, 11) is 3.49. The highest BCUT2D eigenvalue weighted by Crippen LogP contribution is 2.43. The molecule has 40 heavy (non-hydrogen) atoms. The average molecular weight is 549 g/mol. The van der Waals surface area contributed by atoms with Crippen LogP contribution < -0.4 is 20.4 Å². The Kier molecular flexibility index (Phi) is 7.35. The van der Waals surface area contributed by atoms with Gasteiger partial charge in [0.15, 0.2) is 5.82 Å². The molecule has 2 aliphatic rings. The minimum atomic E-state index is -3.70. The Hall–Kier alpha value is -4.58. The molecule has 1 fully saturated rings. The van der Waals surface area contributed by atoms with Crippen LogP contribution in [-0.4, -0.2) is 72.0 Å². The van der Waals surface area contributed by atoms with Crippen molar-refractivity contribution < 1.29 is 18.4 Å². The van der Waals surface area contributed by atoms with Crippen molar-refractivity contribution in [1.29, 1.82) is 0 Å². The van der Waals surface area contributed by atoms with Gasteiger partial charge in [-0.25, -0.2) is 9.78 Å². The summed E-state index contributed by atoms with van der Waals surface area (Å²) < 4.78 is 31.4. The number of piperazine rings is 1. The lowest BCUT2D eigenvalue weighted by Gasteiger charge is -2.40. The number of benzene rings is 2. The fourth-order valence-electron chi connectivity index (χ4n) is 4.69. The van der Waals surface area contributed by atoms with Crippen LogP contribution in [0.15, 0.2) is 67.4 Å². The van der Waals surface area contributed by atoms with Crippen molar-refractivity contribution >= 4 is 40.8 Å². The van der Waals surface area contributed by atoms with Gasteiger partial charge in [0.1, 0.15) is 5.56 Å². The standard InChI is InChI=1S/C28H30F2N8O2/c1-4-24(39)33-23-8-6-5-7-19(23)18-38-27(40)36(3)25-22(28(38,29)30)17-31-26(34-25)32-20-9-11-21(12-10-20)37-15-13-35(2)14-16-37/h4-12,17H,1,13-16,18H2,2-3H3,(H,33,39)(H,31,32,34). The molecule has 3 aromatic rings. The second kappa shape index (κ2) is 10.9. The number of alkyl halides is 2. The fourth-order valence-corrected chi connectivity index (χ4v) is 4.69. The smallest absolute Gasteiger partial charge is 0.361 e. The molecule has 2 aliphatic heterocycles. The monoisotopic (exact) mass is 548 g/mol. The topological polar surface area (TPSA) is 96.9 Å². The lowest BCUT2D eigenvalue weighted by atomic mass is 10.1. The molecule has 2 N–H and O–H groups in total. The van der Waals surface area contributed by atoms with Crippen LogP contribution in [0.4, 0.5) is 42.4 Å². The summed E-state index contributed by atoms with van der Waals surface area (Å²) in [6.07, 6.45) is 2.11. The quantitative estimate of drug-likeness (QED) is 0.337. The Morgan fingerprint density at radius 3 is 2.48 bits per heavy atom. The number of carbonyl (C=O) groups excluding carboxylic acids is 2. The van der Waals surface area contributed by atoms with Crippen LogP contribution in [0.1, 0.15) is 11.1 Å². The predicted molar refractivity (Wildman–Crippen MR) is 150 cm³/mol. The normalized spacial score (nSPS) is 16.9. The summed E-state index contributed by atoms with van der Waals surface area (Å²) in [6.45, 7) is 6.83. The number of amides is 3. The van der Waals surface area contributed by atoms with E-state index < -0.39 is 30.1 Å². The molecule has 10 nitrogen and oxygen atoms in total. The van der Waals surface area contributed by atoms with Crippen LogP contribution in [0, 0.1) is 0 Å². The summed E-state index contributed by atoms with van der Waals surface area (Å²) in [5, 5.41) is 5.63. The zero-order chi connectivity index (χ0) is 28.4. The summed E-state index contributed by atoms with van der Waals surface area (Å²) >= 11 is 0. The number of halogens is 2. The first-order valence-corrected chi connectivity index (χ1v) is 12.8. The number of aromatic nitrogens is 2. The number of hydrogen-bond donors (Lipinski definition) is 2. The number of fused-ring (bicyclic) bond motifs is 1. The summed E-state index contributed by atoms with van der Waals surface area (Å²) in [4.78, 5) is 39.4. The molecule has 3 amide bonds. The Morgan fingerprint density at radius 1 is 1.07 bits per heavy atom. The van der Waals surface area contributed by atoms with Crippen molar-refractivity contribution in [2.75, 3.05) is 60.7 Å². The van der Waals surface area contributed by atoms with Crippen LogP contribution in [0.3, 0.4) is 0 Å². The second-order valence-electron chi connectivity index (χ2n) is 9.71. The molecule has 0 spiro atoms. The first-order valence-electron chi connectivity index (χ1n) is 12.8. The average Bonchev–Trinajstić information content (AvgIpc) is 2.96. The van der Waals surface area contributed by atoms with Gasteiger partial charge < -0.3 is 20.4 Å². The Labute approximate surface area is 230 Å².